The third kappa shape index (κ3) is 2.33. The summed E-state index contributed by atoms with van der Waals surface area (Å²) in [4.78, 5) is 16.3. The molecule has 3 atom stereocenters. The number of hydrogen-bond donors (Lipinski definition) is 0. The van der Waals surface area contributed by atoms with Crippen molar-refractivity contribution in [3.8, 4) is 0 Å². The first-order valence-electron chi connectivity index (χ1n) is 6.72. The van der Waals surface area contributed by atoms with Crippen LogP contribution in [0.4, 0.5) is 0 Å². The molecule has 0 aromatic rings. The van der Waals surface area contributed by atoms with Crippen molar-refractivity contribution in [2.75, 3.05) is 33.7 Å². The lowest BCUT2D eigenvalue weighted by Gasteiger charge is -2.33. The molecule has 3 fully saturated rings. The number of likely N-dealkylation sites (tertiary alicyclic amines) is 1. The highest BCUT2D eigenvalue weighted by Gasteiger charge is 2.45. The van der Waals surface area contributed by atoms with Crippen LogP contribution in [0.25, 0.3) is 0 Å². The average Bonchev–Trinajstić information content (AvgIpc) is 3.03. The van der Waals surface area contributed by atoms with Crippen molar-refractivity contribution in [1.29, 1.82) is 0 Å². The standard InChI is InChI=1S/C13H22N2O2/c1-14(2)13(16)11-5-10-7-15(6-9-3-4-9)8-12(11)17-10/h9-12H,3-8H2,1-2H3/t10-,11+,12+/m0/s1. The molecule has 4 nitrogen and oxygen atoms in total. The van der Waals surface area contributed by atoms with E-state index >= 15 is 0 Å². The molecule has 1 aliphatic carbocycles. The summed E-state index contributed by atoms with van der Waals surface area (Å²) >= 11 is 0. The molecule has 1 amide bonds. The van der Waals surface area contributed by atoms with Gasteiger partial charge < -0.3 is 9.64 Å². The number of morpholine rings is 1. The van der Waals surface area contributed by atoms with E-state index in [-0.39, 0.29) is 17.9 Å². The van der Waals surface area contributed by atoms with Crippen LogP contribution in [0.1, 0.15) is 19.3 Å². The molecule has 0 aromatic carbocycles. The zero-order valence-corrected chi connectivity index (χ0v) is 10.8. The van der Waals surface area contributed by atoms with Crippen LogP contribution in [0.5, 0.6) is 0 Å². The van der Waals surface area contributed by atoms with Crippen LogP contribution < -0.4 is 0 Å². The van der Waals surface area contributed by atoms with Crippen molar-refractivity contribution >= 4 is 5.91 Å². The van der Waals surface area contributed by atoms with E-state index in [1.54, 1.807) is 4.90 Å². The van der Waals surface area contributed by atoms with E-state index in [1.807, 2.05) is 14.1 Å². The first kappa shape index (κ1) is 11.5. The van der Waals surface area contributed by atoms with E-state index in [1.165, 1.54) is 19.4 Å². The van der Waals surface area contributed by atoms with Gasteiger partial charge >= 0.3 is 0 Å². The summed E-state index contributed by atoms with van der Waals surface area (Å²) in [6, 6.07) is 0. The highest BCUT2D eigenvalue weighted by atomic mass is 16.5. The van der Waals surface area contributed by atoms with Crippen molar-refractivity contribution in [2.24, 2.45) is 11.8 Å². The number of rotatable bonds is 3. The highest BCUT2D eigenvalue weighted by molar-refractivity contribution is 5.79. The second kappa shape index (κ2) is 4.25. The normalized spacial score (nSPS) is 37.2. The Morgan fingerprint density at radius 2 is 2.12 bits per heavy atom. The molecule has 0 N–H and O–H groups in total. The first-order valence-corrected chi connectivity index (χ1v) is 6.72. The minimum Gasteiger partial charge on any atom is -0.371 e. The van der Waals surface area contributed by atoms with Gasteiger partial charge in [0.1, 0.15) is 0 Å². The molecule has 3 rings (SSSR count). The van der Waals surface area contributed by atoms with E-state index in [9.17, 15) is 4.79 Å². The Labute approximate surface area is 103 Å². The monoisotopic (exact) mass is 238 g/mol. The molecule has 4 heteroatoms. The Morgan fingerprint density at radius 1 is 1.35 bits per heavy atom. The molecular weight excluding hydrogens is 216 g/mol. The van der Waals surface area contributed by atoms with Gasteiger partial charge in [-0.15, -0.1) is 0 Å². The van der Waals surface area contributed by atoms with Crippen LogP contribution in [0.15, 0.2) is 0 Å². The molecule has 2 saturated heterocycles. The molecule has 17 heavy (non-hydrogen) atoms. The Hall–Kier alpha value is -0.610. The van der Waals surface area contributed by atoms with Crippen molar-refractivity contribution in [3.63, 3.8) is 0 Å². The predicted octanol–water partition coefficient (Wildman–Crippen LogP) is 0.574. The van der Waals surface area contributed by atoms with Crippen molar-refractivity contribution in [1.82, 2.24) is 9.80 Å². The van der Waals surface area contributed by atoms with Gasteiger partial charge in [0.2, 0.25) is 5.91 Å². The van der Waals surface area contributed by atoms with Crippen molar-refractivity contribution in [2.45, 2.75) is 31.5 Å². The van der Waals surface area contributed by atoms with Gasteiger partial charge in [-0.05, 0) is 25.2 Å². The van der Waals surface area contributed by atoms with Gasteiger partial charge in [0.25, 0.3) is 0 Å². The summed E-state index contributed by atoms with van der Waals surface area (Å²) in [7, 11) is 3.68. The lowest BCUT2D eigenvalue weighted by Crippen LogP contribution is -2.45. The minimum absolute atomic E-state index is 0.0965. The number of ether oxygens (including phenoxy) is 1. The summed E-state index contributed by atoms with van der Waals surface area (Å²) in [6.45, 7) is 3.21. The summed E-state index contributed by atoms with van der Waals surface area (Å²) in [5.74, 6) is 1.26. The molecule has 2 heterocycles. The fourth-order valence-corrected chi connectivity index (χ4v) is 3.14. The first-order chi connectivity index (χ1) is 8.13. The Bertz CT molecular complexity index is 315. The lowest BCUT2D eigenvalue weighted by atomic mass is 9.99. The maximum Gasteiger partial charge on any atom is 0.227 e. The van der Waals surface area contributed by atoms with E-state index in [0.717, 1.165) is 25.4 Å². The molecule has 2 aliphatic heterocycles. The Morgan fingerprint density at radius 3 is 2.76 bits per heavy atom. The number of hydrogen-bond acceptors (Lipinski definition) is 3. The van der Waals surface area contributed by atoms with Crippen LogP contribution in [0.2, 0.25) is 0 Å². The quantitative estimate of drug-likeness (QED) is 0.721. The second-order valence-electron chi connectivity index (χ2n) is 6.03. The average molecular weight is 238 g/mol. The predicted molar refractivity (Wildman–Crippen MR) is 64.6 cm³/mol. The number of amides is 1. The molecule has 0 spiro atoms. The van der Waals surface area contributed by atoms with Gasteiger partial charge in [-0.3, -0.25) is 9.69 Å². The number of carbonyl (C=O) groups excluding carboxylic acids is 1. The van der Waals surface area contributed by atoms with Gasteiger partial charge in [-0.1, -0.05) is 0 Å². The molecule has 0 aromatic heterocycles. The van der Waals surface area contributed by atoms with Crippen molar-refractivity contribution in [3.05, 3.63) is 0 Å². The number of carbonyl (C=O) groups is 1. The van der Waals surface area contributed by atoms with Crippen molar-refractivity contribution < 1.29 is 9.53 Å². The van der Waals surface area contributed by atoms with Gasteiger partial charge in [-0.2, -0.15) is 0 Å². The van der Waals surface area contributed by atoms with Crippen LogP contribution in [0.3, 0.4) is 0 Å². The summed E-state index contributed by atoms with van der Waals surface area (Å²) in [6.07, 6.45) is 4.14. The molecule has 96 valence electrons. The lowest BCUT2D eigenvalue weighted by molar-refractivity contribution is -0.136. The van der Waals surface area contributed by atoms with E-state index < -0.39 is 0 Å². The topological polar surface area (TPSA) is 32.8 Å². The summed E-state index contributed by atoms with van der Waals surface area (Å²) in [5, 5.41) is 0. The molecule has 2 bridgehead atoms. The molecule has 1 saturated carbocycles. The zero-order valence-electron chi connectivity index (χ0n) is 10.8. The SMILES string of the molecule is CN(C)C(=O)[C@@H]1C[C@H]2CN(CC3CC3)C[C@H]1O2. The van der Waals surface area contributed by atoms with Crippen LogP contribution in [0, 0.1) is 11.8 Å². The third-order valence-corrected chi connectivity index (χ3v) is 4.20. The van der Waals surface area contributed by atoms with Gasteiger partial charge in [-0.25, -0.2) is 0 Å². The zero-order chi connectivity index (χ0) is 12.0. The minimum atomic E-state index is 0.0965. The van der Waals surface area contributed by atoms with E-state index in [2.05, 4.69) is 4.90 Å². The Balaban J connectivity index is 1.62. The third-order valence-electron chi connectivity index (χ3n) is 4.20. The molecule has 3 aliphatic rings. The summed E-state index contributed by atoms with van der Waals surface area (Å²) in [5.41, 5.74) is 0. The maximum absolute atomic E-state index is 12.1. The highest BCUT2D eigenvalue weighted by Crippen LogP contribution is 2.36. The molecule has 0 unspecified atom stereocenters. The second-order valence-corrected chi connectivity index (χ2v) is 6.03. The van der Waals surface area contributed by atoms with Gasteiger partial charge in [0.15, 0.2) is 0 Å². The molecular formula is C13H22N2O2. The van der Waals surface area contributed by atoms with Gasteiger partial charge in [0.05, 0.1) is 18.1 Å². The van der Waals surface area contributed by atoms with Crippen LogP contribution in [-0.2, 0) is 9.53 Å². The van der Waals surface area contributed by atoms with Crippen LogP contribution in [-0.4, -0.2) is 61.6 Å². The fraction of sp³-hybridized carbons (Fsp3) is 0.923. The fourth-order valence-electron chi connectivity index (χ4n) is 3.14. The number of nitrogens with zero attached hydrogens (tertiary/aromatic N) is 2. The molecule has 0 radical (unpaired) electrons. The number of fused-ring (bicyclic) bond motifs is 2. The summed E-state index contributed by atoms with van der Waals surface area (Å²) < 4.78 is 5.92. The van der Waals surface area contributed by atoms with E-state index in [4.69, 9.17) is 4.74 Å². The largest absolute Gasteiger partial charge is 0.371 e. The van der Waals surface area contributed by atoms with E-state index in [0.29, 0.717) is 6.10 Å². The van der Waals surface area contributed by atoms with Crippen LogP contribution >= 0.6 is 0 Å². The smallest absolute Gasteiger partial charge is 0.227 e. The van der Waals surface area contributed by atoms with Gasteiger partial charge in [0, 0.05) is 33.7 Å². The Kier molecular flexibility index (Phi) is 2.87. The maximum atomic E-state index is 12.1.